The fourth-order valence-corrected chi connectivity index (χ4v) is 3.28. The third-order valence-electron chi connectivity index (χ3n) is 4.48. The number of aryl methyl sites for hydroxylation is 1. The van der Waals surface area contributed by atoms with Crippen molar-refractivity contribution in [3.05, 3.63) is 17.5 Å². The SMILES string of the molecule is Cc1nc(N2CC3CCCN3CC2C)ncc1CN. The minimum atomic E-state index is 0.484. The smallest absolute Gasteiger partial charge is 0.225 e. The molecule has 3 heterocycles. The lowest BCUT2D eigenvalue weighted by molar-refractivity contribution is 0.201. The Labute approximate surface area is 114 Å². The first-order valence-electron chi connectivity index (χ1n) is 7.22. The van der Waals surface area contributed by atoms with Crippen LogP contribution in [0.15, 0.2) is 6.20 Å². The molecule has 19 heavy (non-hydrogen) atoms. The average Bonchev–Trinajstić information content (AvgIpc) is 2.84. The van der Waals surface area contributed by atoms with Crippen molar-refractivity contribution in [2.24, 2.45) is 5.73 Å². The van der Waals surface area contributed by atoms with E-state index in [1.807, 2.05) is 13.1 Å². The Kier molecular flexibility index (Phi) is 3.41. The van der Waals surface area contributed by atoms with Crippen LogP contribution in [0, 0.1) is 6.92 Å². The molecule has 2 atom stereocenters. The van der Waals surface area contributed by atoms with Crippen molar-refractivity contribution < 1.29 is 0 Å². The van der Waals surface area contributed by atoms with E-state index in [1.54, 1.807) is 0 Å². The van der Waals surface area contributed by atoms with Gasteiger partial charge in [-0.3, -0.25) is 4.90 Å². The Hall–Kier alpha value is -1.20. The molecule has 2 aliphatic rings. The van der Waals surface area contributed by atoms with Crippen molar-refractivity contribution in [2.45, 2.75) is 45.3 Å². The molecule has 0 radical (unpaired) electrons. The van der Waals surface area contributed by atoms with E-state index in [4.69, 9.17) is 5.73 Å². The minimum absolute atomic E-state index is 0.484. The summed E-state index contributed by atoms with van der Waals surface area (Å²) in [4.78, 5) is 14.1. The summed E-state index contributed by atoms with van der Waals surface area (Å²) >= 11 is 0. The molecular weight excluding hydrogens is 238 g/mol. The number of hydrogen-bond donors (Lipinski definition) is 1. The molecule has 3 rings (SSSR count). The van der Waals surface area contributed by atoms with Crippen LogP contribution in [0.25, 0.3) is 0 Å². The van der Waals surface area contributed by atoms with Gasteiger partial charge in [0, 0.05) is 49.2 Å². The molecule has 0 aromatic carbocycles. The molecule has 2 aliphatic heterocycles. The topological polar surface area (TPSA) is 58.3 Å². The Morgan fingerprint density at radius 1 is 1.42 bits per heavy atom. The number of aromatic nitrogens is 2. The molecule has 2 N–H and O–H groups in total. The Bertz CT molecular complexity index is 461. The van der Waals surface area contributed by atoms with Crippen molar-refractivity contribution in [3.8, 4) is 0 Å². The minimum Gasteiger partial charge on any atom is -0.335 e. The van der Waals surface area contributed by atoms with Crippen LogP contribution in [-0.4, -0.2) is 46.6 Å². The van der Waals surface area contributed by atoms with E-state index in [2.05, 4.69) is 26.7 Å². The summed E-state index contributed by atoms with van der Waals surface area (Å²) in [6, 6.07) is 1.17. The highest BCUT2D eigenvalue weighted by molar-refractivity contribution is 5.36. The zero-order chi connectivity index (χ0) is 13.4. The van der Waals surface area contributed by atoms with Crippen molar-refractivity contribution in [2.75, 3.05) is 24.5 Å². The van der Waals surface area contributed by atoms with Gasteiger partial charge in [0.15, 0.2) is 0 Å². The molecule has 0 amide bonds. The van der Waals surface area contributed by atoms with Crippen LogP contribution in [0.2, 0.25) is 0 Å². The third-order valence-corrected chi connectivity index (χ3v) is 4.48. The number of hydrogen-bond acceptors (Lipinski definition) is 5. The number of anilines is 1. The molecule has 0 spiro atoms. The molecule has 2 fully saturated rings. The van der Waals surface area contributed by atoms with Gasteiger partial charge in [-0.25, -0.2) is 9.97 Å². The maximum atomic E-state index is 5.68. The lowest BCUT2D eigenvalue weighted by Gasteiger charge is -2.42. The number of rotatable bonds is 2. The van der Waals surface area contributed by atoms with E-state index in [0.29, 0.717) is 18.6 Å². The second kappa shape index (κ2) is 5.06. The van der Waals surface area contributed by atoms with Crippen molar-refractivity contribution >= 4 is 5.95 Å². The van der Waals surface area contributed by atoms with Gasteiger partial charge in [-0.1, -0.05) is 0 Å². The summed E-state index contributed by atoms with van der Waals surface area (Å²) in [5.74, 6) is 0.869. The van der Waals surface area contributed by atoms with Crippen LogP contribution in [0.4, 0.5) is 5.95 Å². The van der Waals surface area contributed by atoms with E-state index in [1.165, 1.54) is 19.4 Å². The summed E-state index contributed by atoms with van der Waals surface area (Å²) < 4.78 is 0. The fraction of sp³-hybridized carbons (Fsp3) is 0.714. The van der Waals surface area contributed by atoms with Crippen LogP contribution in [0.1, 0.15) is 31.0 Å². The van der Waals surface area contributed by atoms with Gasteiger partial charge < -0.3 is 10.6 Å². The van der Waals surface area contributed by atoms with Crippen LogP contribution < -0.4 is 10.6 Å². The van der Waals surface area contributed by atoms with Crippen molar-refractivity contribution in [1.82, 2.24) is 14.9 Å². The monoisotopic (exact) mass is 261 g/mol. The average molecular weight is 261 g/mol. The maximum absolute atomic E-state index is 5.68. The van der Waals surface area contributed by atoms with Gasteiger partial charge in [-0.05, 0) is 33.2 Å². The summed E-state index contributed by atoms with van der Waals surface area (Å²) in [7, 11) is 0. The first-order chi connectivity index (χ1) is 9.19. The van der Waals surface area contributed by atoms with Gasteiger partial charge in [0.05, 0.1) is 0 Å². The number of nitrogens with zero attached hydrogens (tertiary/aromatic N) is 4. The van der Waals surface area contributed by atoms with Crippen LogP contribution >= 0.6 is 0 Å². The summed E-state index contributed by atoms with van der Waals surface area (Å²) in [6.45, 7) is 8.25. The standard InChI is InChI=1S/C14H23N5/c1-10-8-18-5-3-4-13(18)9-19(10)14-16-7-12(6-15)11(2)17-14/h7,10,13H,3-6,8-9,15H2,1-2H3. The summed E-state index contributed by atoms with van der Waals surface area (Å²) in [6.07, 6.45) is 4.52. The van der Waals surface area contributed by atoms with Crippen molar-refractivity contribution in [1.29, 1.82) is 0 Å². The van der Waals surface area contributed by atoms with Gasteiger partial charge in [-0.2, -0.15) is 0 Å². The van der Waals surface area contributed by atoms with Gasteiger partial charge in [-0.15, -0.1) is 0 Å². The predicted molar refractivity (Wildman–Crippen MR) is 76.1 cm³/mol. The molecule has 1 aromatic rings. The summed E-state index contributed by atoms with van der Waals surface area (Å²) in [5, 5.41) is 0. The molecule has 1 aromatic heterocycles. The van der Waals surface area contributed by atoms with Crippen LogP contribution in [-0.2, 0) is 6.54 Å². The van der Waals surface area contributed by atoms with E-state index in [-0.39, 0.29) is 0 Å². The number of fused-ring (bicyclic) bond motifs is 1. The predicted octanol–water partition coefficient (Wildman–Crippen LogP) is 0.917. The molecule has 2 unspecified atom stereocenters. The molecule has 2 saturated heterocycles. The molecule has 0 saturated carbocycles. The highest BCUT2D eigenvalue weighted by Crippen LogP contribution is 2.27. The highest BCUT2D eigenvalue weighted by atomic mass is 15.4. The van der Waals surface area contributed by atoms with Gasteiger partial charge in [0.2, 0.25) is 5.95 Å². The first-order valence-corrected chi connectivity index (χ1v) is 7.22. The number of nitrogens with two attached hydrogens (primary N) is 1. The van der Waals surface area contributed by atoms with Gasteiger partial charge >= 0.3 is 0 Å². The lowest BCUT2D eigenvalue weighted by atomic mass is 10.1. The molecular formula is C14H23N5. The Morgan fingerprint density at radius 2 is 2.26 bits per heavy atom. The third kappa shape index (κ3) is 2.32. The van der Waals surface area contributed by atoms with Crippen molar-refractivity contribution in [3.63, 3.8) is 0 Å². The van der Waals surface area contributed by atoms with E-state index >= 15 is 0 Å². The highest BCUT2D eigenvalue weighted by Gasteiger charge is 2.35. The zero-order valence-corrected chi connectivity index (χ0v) is 11.8. The second-order valence-corrected chi connectivity index (χ2v) is 5.78. The fourth-order valence-electron chi connectivity index (χ4n) is 3.28. The Morgan fingerprint density at radius 3 is 3.00 bits per heavy atom. The van der Waals surface area contributed by atoms with E-state index < -0.39 is 0 Å². The number of piperazine rings is 1. The molecule has 5 nitrogen and oxygen atoms in total. The van der Waals surface area contributed by atoms with Gasteiger partial charge in [0.25, 0.3) is 0 Å². The van der Waals surface area contributed by atoms with Crippen LogP contribution in [0.5, 0.6) is 0 Å². The zero-order valence-electron chi connectivity index (χ0n) is 11.8. The maximum Gasteiger partial charge on any atom is 0.225 e. The van der Waals surface area contributed by atoms with E-state index in [0.717, 1.165) is 30.3 Å². The van der Waals surface area contributed by atoms with E-state index in [9.17, 15) is 0 Å². The molecule has 0 bridgehead atoms. The normalized spacial score (nSPS) is 27.6. The Balaban J connectivity index is 1.82. The molecule has 0 aliphatic carbocycles. The first kappa shape index (κ1) is 12.8. The quantitative estimate of drug-likeness (QED) is 0.858. The lowest BCUT2D eigenvalue weighted by Crippen LogP contribution is -2.55. The molecule has 5 heteroatoms. The van der Waals surface area contributed by atoms with Gasteiger partial charge in [0.1, 0.15) is 0 Å². The largest absolute Gasteiger partial charge is 0.335 e. The van der Waals surface area contributed by atoms with Crippen LogP contribution in [0.3, 0.4) is 0 Å². The second-order valence-electron chi connectivity index (χ2n) is 5.78. The summed E-state index contributed by atoms with van der Waals surface area (Å²) in [5.41, 5.74) is 7.72. The molecule has 104 valence electrons.